The fourth-order valence-corrected chi connectivity index (χ4v) is 4.46. The first-order valence-electron chi connectivity index (χ1n) is 10.7. The number of carbonyl (C=O) groups is 2. The molecule has 2 aromatic carbocycles. The van der Waals surface area contributed by atoms with E-state index >= 15 is 0 Å². The topological polar surface area (TPSA) is 73.3 Å². The molecule has 1 amide bonds. The van der Waals surface area contributed by atoms with E-state index in [-0.39, 0.29) is 18.4 Å². The van der Waals surface area contributed by atoms with Crippen molar-refractivity contribution in [3.05, 3.63) is 88.3 Å². The lowest BCUT2D eigenvalue weighted by Crippen LogP contribution is -2.59. The summed E-state index contributed by atoms with van der Waals surface area (Å²) in [5.74, 6) is -1.11. The first-order valence-corrected chi connectivity index (χ1v) is 11.0. The van der Waals surface area contributed by atoms with Crippen molar-refractivity contribution in [1.82, 2.24) is 14.9 Å². The molecule has 7 nitrogen and oxygen atoms in total. The van der Waals surface area contributed by atoms with E-state index in [1.165, 1.54) is 0 Å². The van der Waals surface area contributed by atoms with Gasteiger partial charge in [-0.25, -0.2) is 0 Å². The molecule has 0 bridgehead atoms. The zero-order chi connectivity index (χ0) is 23.9. The van der Waals surface area contributed by atoms with E-state index in [1.54, 1.807) is 23.0 Å². The maximum atomic E-state index is 13.3. The molecule has 0 spiro atoms. The van der Waals surface area contributed by atoms with Crippen LogP contribution in [0.1, 0.15) is 36.6 Å². The Morgan fingerprint density at radius 3 is 2.67 bits per heavy atom. The number of hydrogen-bond acceptors (Lipinski definition) is 6. The Bertz CT molecular complexity index is 1160. The minimum Gasteiger partial charge on any atom is -0.503 e. The molecule has 2 aliphatic rings. The van der Waals surface area contributed by atoms with Crippen molar-refractivity contribution >= 4 is 23.3 Å². The van der Waals surface area contributed by atoms with Crippen LogP contribution in [0.25, 0.3) is 0 Å². The number of aliphatic hydroxyl groups excluding tert-OH is 1. The molecule has 1 unspecified atom stereocenters. The van der Waals surface area contributed by atoms with Gasteiger partial charge in [-0.2, -0.15) is 5.01 Å². The lowest BCUT2D eigenvalue weighted by molar-refractivity contribution is -0.155. The zero-order valence-corrected chi connectivity index (χ0v) is 19.5. The lowest BCUT2D eigenvalue weighted by Gasteiger charge is -2.48. The smallest absolute Gasteiger partial charge is 0.276 e. The van der Waals surface area contributed by atoms with E-state index in [2.05, 4.69) is 6.58 Å². The quantitative estimate of drug-likeness (QED) is 0.536. The molecule has 0 radical (unpaired) electrons. The summed E-state index contributed by atoms with van der Waals surface area (Å²) < 4.78 is 6.10. The predicted molar refractivity (Wildman–Crippen MR) is 125 cm³/mol. The number of aliphatic hydroxyl groups is 1. The fraction of sp³-hybridized carbons (Fsp3) is 0.280. The van der Waals surface area contributed by atoms with E-state index in [1.807, 2.05) is 55.3 Å². The van der Waals surface area contributed by atoms with Gasteiger partial charge in [0.05, 0.1) is 12.7 Å². The molecule has 4 rings (SSSR count). The number of fused-ring (bicyclic) bond motifs is 2. The number of amides is 1. The monoisotopic (exact) mass is 467 g/mol. The third-order valence-electron chi connectivity index (χ3n) is 6.03. The van der Waals surface area contributed by atoms with Crippen LogP contribution in [-0.2, 0) is 16.2 Å². The number of carbonyl (C=O) groups excluding carboxylic acids is 2. The number of rotatable bonds is 4. The van der Waals surface area contributed by atoms with Crippen molar-refractivity contribution in [2.75, 3.05) is 13.7 Å². The van der Waals surface area contributed by atoms with Crippen molar-refractivity contribution in [2.45, 2.75) is 32.5 Å². The molecule has 1 saturated heterocycles. The second-order valence-electron chi connectivity index (χ2n) is 8.31. The summed E-state index contributed by atoms with van der Waals surface area (Å²) in [5, 5.41) is 14.7. The minimum atomic E-state index is -0.719. The number of hydrogen-bond donors (Lipinski definition) is 1. The molecule has 1 fully saturated rings. The molecule has 2 aromatic rings. The average molecular weight is 468 g/mol. The highest BCUT2D eigenvalue weighted by Crippen LogP contribution is 2.43. The predicted octanol–water partition coefficient (Wildman–Crippen LogP) is 4.20. The molecular weight excluding hydrogens is 442 g/mol. The van der Waals surface area contributed by atoms with Crippen LogP contribution >= 0.6 is 11.6 Å². The Morgan fingerprint density at radius 2 is 1.97 bits per heavy atom. The Morgan fingerprint density at radius 1 is 1.24 bits per heavy atom. The van der Waals surface area contributed by atoms with Gasteiger partial charge in [0.2, 0.25) is 5.78 Å². The summed E-state index contributed by atoms with van der Waals surface area (Å²) in [7, 11) is 1.66. The van der Waals surface area contributed by atoms with Gasteiger partial charge in [-0.3, -0.25) is 14.6 Å². The first kappa shape index (κ1) is 22.9. The Balaban J connectivity index is 1.95. The lowest BCUT2D eigenvalue weighted by atomic mass is 9.94. The van der Waals surface area contributed by atoms with Gasteiger partial charge in [0.15, 0.2) is 11.5 Å². The Kier molecular flexibility index (Phi) is 6.19. The van der Waals surface area contributed by atoms with E-state index in [9.17, 15) is 14.7 Å². The fourth-order valence-electron chi connectivity index (χ4n) is 4.28. The highest BCUT2D eigenvalue weighted by molar-refractivity contribution is 6.30. The van der Waals surface area contributed by atoms with Gasteiger partial charge < -0.3 is 14.7 Å². The molecule has 0 saturated carbocycles. The number of ether oxygens (including phenoxy) is 1. The molecule has 0 aliphatic carbocycles. The van der Waals surface area contributed by atoms with Crippen LogP contribution in [0.2, 0.25) is 5.02 Å². The van der Waals surface area contributed by atoms with E-state index in [0.717, 1.165) is 22.8 Å². The highest BCUT2D eigenvalue weighted by atomic mass is 35.5. The van der Waals surface area contributed by atoms with Gasteiger partial charge in [0, 0.05) is 23.7 Å². The van der Waals surface area contributed by atoms with Crippen LogP contribution in [0, 0.1) is 0 Å². The number of nitrogens with zero attached hydrogens (tertiary/aromatic N) is 3. The van der Waals surface area contributed by atoms with Gasteiger partial charge in [0.25, 0.3) is 5.91 Å². The summed E-state index contributed by atoms with van der Waals surface area (Å²) in [5.41, 5.74) is 2.70. The number of benzene rings is 2. The van der Waals surface area contributed by atoms with E-state index in [4.69, 9.17) is 16.3 Å². The van der Waals surface area contributed by atoms with Crippen molar-refractivity contribution < 1.29 is 19.4 Å². The van der Waals surface area contributed by atoms with Gasteiger partial charge in [-0.15, -0.1) is 0 Å². The van der Waals surface area contributed by atoms with Gasteiger partial charge in [0.1, 0.15) is 12.4 Å². The number of ketones is 1. The SMILES string of the molecule is C=CC(=O)/C(O)=C1/C(=O)N(C(C)C)CN(C2c3ccccc3COc3ccc(Cl)cc32)N1C. The van der Waals surface area contributed by atoms with Crippen molar-refractivity contribution in [3.63, 3.8) is 0 Å². The molecular formula is C25H26ClN3O4. The highest BCUT2D eigenvalue weighted by Gasteiger charge is 2.42. The number of likely N-dealkylation sites (N-methyl/N-ethyl adjacent to an activating group) is 1. The number of hydrazine groups is 1. The zero-order valence-electron chi connectivity index (χ0n) is 18.8. The molecule has 1 N–H and O–H groups in total. The number of halogens is 1. The Hall–Kier alpha value is -3.29. The Labute approximate surface area is 198 Å². The van der Waals surface area contributed by atoms with Crippen molar-refractivity contribution in [3.8, 4) is 5.75 Å². The van der Waals surface area contributed by atoms with Crippen LogP contribution in [-0.4, -0.2) is 51.5 Å². The average Bonchev–Trinajstić information content (AvgIpc) is 2.95. The standard InChI is InChI=1S/C25H26ClN3O4/c1-5-20(30)24(31)23-25(32)28(15(2)3)14-29(27(23)4)22-18-9-7-6-8-16(18)13-33-21-11-10-17(26)12-19(21)22/h5-12,15,22,31H,1,13-14H2,2-4H3/b24-23+. The summed E-state index contributed by atoms with van der Waals surface area (Å²) in [6.45, 7) is 7.83. The second-order valence-corrected chi connectivity index (χ2v) is 8.75. The normalized spacial score (nSPS) is 20.0. The molecule has 172 valence electrons. The summed E-state index contributed by atoms with van der Waals surface area (Å²) in [6, 6.07) is 12.8. The third kappa shape index (κ3) is 3.98. The van der Waals surface area contributed by atoms with Crippen molar-refractivity contribution in [1.29, 1.82) is 0 Å². The molecule has 1 atom stereocenters. The van der Waals surface area contributed by atoms with Crippen LogP contribution in [0.15, 0.2) is 66.6 Å². The van der Waals surface area contributed by atoms with E-state index in [0.29, 0.717) is 17.4 Å². The van der Waals surface area contributed by atoms with Gasteiger partial charge in [-0.05, 0) is 49.2 Å². The largest absolute Gasteiger partial charge is 0.503 e. The van der Waals surface area contributed by atoms with E-state index < -0.39 is 23.5 Å². The molecule has 0 aromatic heterocycles. The number of allylic oxidation sites excluding steroid dienone is 1. The summed E-state index contributed by atoms with van der Waals surface area (Å²) in [6.07, 6.45) is 0.992. The molecule has 2 aliphatic heterocycles. The van der Waals surface area contributed by atoms with Gasteiger partial charge >= 0.3 is 0 Å². The second kappa shape index (κ2) is 8.92. The maximum absolute atomic E-state index is 13.3. The molecule has 8 heteroatoms. The van der Waals surface area contributed by atoms with Gasteiger partial charge in [-0.1, -0.05) is 42.4 Å². The maximum Gasteiger partial charge on any atom is 0.276 e. The van der Waals surface area contributed by atoms with Crippen LogP contribution < -0.4 is 4.74 Å². The molecule has 33 heavy (non-hydrogen) atoms. The van der Waals surface area contributed by atoms with Crippen LogP contribution in [0.4, 0.5) is 0 Å². The first-order chi connectivity index (χ1) is 15.7. The third-order valence-corrected chi connectivity index (χ3v) is 6.27. The minimum absolute atomic E-state index is 0.105. The van der Waals surface area contributed by atoms with Crippen LogP contribution in [0.3, 0.4) is 0 Å². The molecule has 2 heterocycles. The summed E-state index contributed by atoms with van der Waals surface area (Å²) in [4.78, 5) is 27.2. The van der Waals surface area contributed by atoms with Crippen molar-refractivity contribution in [2.24, 2.45) is 0 Å². The summed E-state index contributed by atoms with van der Waals surface area (Å²) >= 11 is 6.38. The van der Waals surface area contributed by atoms with Crippen LogP contribution in [0.5, 0.6) is 5.75 Å².